The third-order valence-electron chi connectivity index (χ3n) is 4.24. The first-order chi connectivity index (χ1) is 15.4. The van der Waals surface area contributed by atoms with Gasteiger partial charge >= 0.3 is 5.97 Å². The Hall–Kier alpha value is -3.16. The van der Waals surface area contributed by atoms with E-state index in [1.54, 1.807) is 55.5 Å². The van der Waals surface area contributed by atoms with Crippen molar-refractivity contribution in [2.45, 2.75) is 39.8 Å². The molecule has 0 aromatic heterocycles. The van der Waals surface area contributed by atoms with Gasteiger partial charge in [0.1, 0.15) is 18.1 Å². The molecule has 0 radical (unpaired) electrons. The number of hydrogen-bond acceptors (Lipinski definition) is 7. The Bertz CT molecular complexity index is 859. The molecule has 32 heavy (non-hydrogen) atoms. The first-order valence-electron chi connectivity index (χ1n) is 10.5. The van der Waals surface area contributed by atoms with E-state index in [0.717, 1.165) is 12.5 Å². The first-order valence-corrected chi connectivity index (χ1v) is 10.5. The van der Waals surface area contributed by atoms with E-state index in [1.807, 2.05) is 13.8 Å². The SMILES string of the molecule is C=CC(=O)OCCOC(C)Oc1ccc(C(=O)c2ccc(OC(C)OCCC)cc2)cc1. The van der Waals surface area contributed by atoms with Gasteiger partial charge < -0.3 is 23.7 Å². The second-order valence-electron chi connectivity index (χ2n) is 6.86. The minimum atomic E-state index is -0.546. The largest absolute Gasteiger partial charge is 0.465 e. The van der Waals surface area contributed by atoms with Gasteiger partial charge in [0.05, 0.1) is 13.2 Å². The Morgan fingerprint density at radius 1 is 0.812 bits per heavy atom. The Kier molecular flexibility index (Phi) is 10.4. The summed E-state index contributed by atoms with van der Waals surface area (Å²) in [5.74, 6) is 0.593. The molecular weight excluding hydrogens is 412 g/mol. The molecule has 2 aromatic rings. The minimum Gasteiger partial charge on any atom is -0.465 e. The number of carbonyl (C=O) groups excluding carboxylic acids is 2. The van der Waals surface area contributed by atoms with Crippen molar-refractivity contribution in [3.8, 4) is 11.5 Å². The van der Waals surface area contributed by atoms with Crippen LogP contribution in [-0.2, 0) is 19.0 Å². The number of hydrogen-bond donors (Lipinski definition) is 0. The lowest BCUT2D eigenvalue weighted by Crippen LogP contribution is -2.19. The molecule has 2 unspecified atom stereocenters. The van der Waals surface area contributed by atoms with E-state index in [2.05, 4.69) is 6.58 Å². The molecule has 0 heterocycles. The van der Waals surface area contributed by atoms with Crippen LogP contribution in [0, 0.1) is 0 Å². The summed E-state index contributed by atoms with van der Waals surface area (Å²) in [4.78, 5) is 23.7. The zero-order valence-corrected chi connectivity index (χ0v) is 18.7. The van der Waals surface area contributed by atoms with Gasteiger partial charge in [-0.25, -0.2) is 4.79 Å². The molecule has 0 spiro atoms. The molecule has 172 valence electrons. The van der Waals surface area contributed by atoms with Crippen LogP contribution < -0.4 is 9.47 Å². The molecular formula is C25H30O7. The summed E-state index contributed by atoms with van der Waals surface area (Å²) in [6.45, 7) is 9.85. The lowest BCUT2D eigenvalue weighted by atomic mass is 10.0. The molecule has 0 aliphatic carbocycles. The van der Waals surface area contributed by atoms with Crippen molar-refractivity contribution in [1.82, 2.24) is 0 Å². The molecule has 0 N–H and O–H groups in total. The lowest BCUT2D eigenvalue weighted by molar-refractivity contribution is -0.142. The highest BCUT2D eigenvalue weighted by Crippen LogP contribution is 2.19. The maximum atomic E-state index is 12.7. The fraction of sp³-hybridized carbons (Fsp3) is 0.360. The molecule has 0 bridgehead atoms. The molecule has 0 amide bonds. The summed E-state index contributed by atoms with van der Waals surface area (Å²) in [5.41, 5.74) is 1.09. The molecule has 7 nitrogen and oxygen atoms in total. The van der Waals surface area contributed by atoms with Crippen molar-refractivity contribution in [2.24, 2.45) is 0 Å². The Morgan fingerprint density at radius 3 is 1.72 bits per heavy atom. The van der Waals surface area contributed by atoms with Crippen molar-refractivity contribution in [3.63, 3.8) is 0 Å². The standard InChI is InChI=1S/C25H30O7/c1-5-15-28-18(3)31-22-11-7-20(8-12-22)25(27)21-9-13-23(14-10-21)32-19(4)29-16-17-30-24(26)6-2/h6-14,18-19H,2,5,15-17H2,1,3-4H3. The van der Waals surface area contributed by atoms with E-state index in [1.165, 1.54) is 0 Å². The molecule has 7 heteroatoms. The molecule has 0 saturated carbocycles. The van der Waals surface area contributed by atoms with Crippen LogP contribution in [0.2, 0.25) is 0 Å². The molecule has 2 atom stereocenters. The number of ether oxygens (including phenoxy) is 5. The average molecular weight is 443 g/mol. The fourth-order valence-corrected chi connectivity index (χ4v) is 2.69. The fourth-order valence-electron chi connectivity index (χ4n) is 2.69. The van der Waals surface area contributed by atoms with E-state index in [-0.39, 0.29) is 25.3 Å². The molecule has 2 rings (SSSR count). The average Bonchev–Trinajstić information content (AvgIpc) is 2.81. The Morgan fingerprint density at radius 2 is 1.28 bits per heavy atom. The van der Waals surface area contributed by atoms with Crippen LogP contribution in [0.4, 0.5) is 0 Å². The van der Waals surface area contributed by atoms with Gasteiger partial charge in [0, 0.05) is 17.2 Å². The molecule has 0 saturated heterocycles. The van der Waals surface area contributed by atoms with Gasteiger partial charge in [0.2, 0.25) is 0 Å². The number of esters is 1. The highest BCUT2D eigenvalue weighted by Gasteiger charge is 2.11. The summed E-state index contributed by atoms with van der Waals surface area (Å²) in [6.07, 6.45) is 1.12. The van der Waals surface area contributed by atoms with Crippen LogP contribution in [0.5, 0.6) is 11.5 Å². The number of carbonyl (C=O) groups is 2. The van der Waals surface area contributed by atoms with Crippen molar-refractivity contribution in [1.29, 1.82) is 0 Å². The van der Waals surface area contributed by atoms with Crippen LogP contribution in [0.3, 0.4) is 0 Å². The van der Waals surface area contributed by atoms with Crippen LogP contribution in [0.15, 0.2) is 61.2 Å². The first kappa shape index (κ1) is 25.1. The van der Waals surface area contributed by atoms with E-state index >= 15 is 0 Å². The second-order valence-corrected chi connectivity index (χ2v) is 6.86. The van der Waals surface area contributed by atoms with Crippen molar-refractivity contribution in [2.75, 3.05) is 19.8 Å². The third-order valence-corrected chi connectivity index (χ3v) is 4.24. The van der Waals surface area contributed by atoms with E-state index in [0.29, 0.717) is 29.2 Å². The number of benzene rings is 2. The summed E-state index contributed by atoms with van der Waals surface area (Å²) in [7, 11) is 0. The van der Waals surface area contributed by atoms with Gasteiger partial charge in [0.15, 0.2) is 18.4 Å². The van der Waals surface area contributed by atoms with Crippen molar-refractivity contribution >= 4 is 11.8 Å². The van der Waals surface area contributed by atoms with Crippen LogP contribution in [-0.4, -0.2) is 44.2 Å². The summed E-state index contributed by atoms with van der Waals surface area (Å²) in [5, 5.41) is 0. The minimum absolute atomic E-state index is 0.105. The van der Waals surface area contributed by atoms with E-state index in [4.69, 9.17) is 23.7 Å². The van der Waals surface area contributed by atoms with E-state index in [9.17, 15) is 9.59 Å². The summed E-state index contributed by atoms with van der Waals surface area (Å²) >= 11 is 0. The van der Waals surface area contributed by atoms with Crippen molar-refractivity contribution in [3.05, 3.63) is 72.3 Å². The zero-order valence-electron chi connectivity index (χ0n) is 18.7. The van der Waals surface area contributed by atoms with Gasteiger partial charge in [-0.2, -0.15) is 0 Å². The molecule has 0 aliphatic heterocycles. The quantitative estimate of drug-likeness (QED) is 0.140. The van der Waals surface area contributed by atoms with E-state index < -0.39 is 12.3 Å². The summed E-state index contributed by atoms with van der Waals surface area (Å²) in [6, 6.07) is 13.8. The molecule has 0 fully saturated rings. The smallest absolute Gasteiger partial charge is 0.330 e. The monoisotopic (exact) mass is 442 g/mol. The van der Waals surface area contributed by atoms with Gasteiger partial charge in [-0.15, -0.1) is 0 Å². The predicted molar refractivity (Wildman–Crippen MR) is 120 cm³/mol. The lowest BCUT2D eigenvalue weighted by Gasteiger charge is -2.16. The topological polar surface area (TPSA) is 80.3 Å². The maximum absolute atomic E-state index is 12.7. The normalized spacial score (nSPS) is 12.5. The highest BCUT2D eigenvalue weighted by molar-refractivity contribution is 6.09. The number of ketones is 1. The third kappa shape index (κ3) is 8.53. The molecule has 2 aromatic carbocycles. The van der Waals surface area contributed by atoms with Gasteiger partial charge in [0.25, 0.3) is 0 Å². The van der Waals surface area contributed by atoms with Gasteiger partial charge in [-0.1, -0.05) is 13.5 Å². The molecule has 0 aliphatic rings. The second kappa shape index (κ2) is 13.3. The predicted octanol–water partition coefficient (Wildman–Crippen LogP) is 4.54. The van der Waals surface area contributed by atoms with Crippen molar-refractivity contribution < 1.29 is 33.3 Å². The van der Waals surface area contributed by atoms with Gasteiger partial charge in [-0.3, -0.25) is 4.79 Å². The highest BCUT2D eigenvalue weighted by atomic mass is 16.7. The summed E-state index contributed by atoms with van der Waals surface area (Å²) < 4.78 is 27.1. The van der Waals surface area contributed by atoms with Crippen LogP contribution in [0.25, 0.3) is 0 Å². The zero-order chi connectivity index (χ0) is 23.3. The maximum Gasteiger partial charge on any atom is 0.330 e. The van der Waals surface area contributed by atoms with Gasteiger partial charge in [-0.05, 0) is 68.8 Å². The van der Waals surface area contributed by atoms with Crippen LogP contribution in [0.1, 0.15) is 43.1 Å². The Labute approximate surface area is 188 Å². The number of rotatable bonds is 14. The Balaban J connectivity index is 1.84. The van der Waals surface area contributed by atoms with Crippen LogP contribution >= 0.6 is 0 Å².